The van der Waals surface area contributed by atoms with E-state index in [1.807, 2.05) is 0 Å². The van der Waals surface area contributed by atoms with Crippen LogP contribution in [0.2, 0.25) is 0 Å². The minimum absolute atomic E-state index is 0.539. The van der Waals surface area contributed by atoms with E-state index in [1.165, 1.54) is 0 Å². The SMILES string of the molecule is COP(=O)(OC)c1c([N+](=O)[O-])c(=O)n(C)c(=O)n1C. The zero-order valence-corrected chi connectivity index (χ0v) is 11.5. The highest BCUT2D eigenvalue weighted by atomic mass is 31.2. The van der Waals surface area contributed by atoms with Crippen molar-refractivity contribution in [3.05, 3.63) is 31.0 Å². The minimum atomic E-state index is -4.13. The van der Waals surface area contributed by atoms with Crippen LogP contribution < -0.4 is 16.7 Å². The van der Waals surface area contributed by atoms with Crippen LogP contribution in [0, 0.1) is 10.1 Å². The van der Waals surface area contributed by atoms with Crippen molar-refractivity contribution in [3.8, 4) is 0 Å². The minimum Gasteiger partial charge on any atom is -0.307 e. The van der Waals surface area contributed by atoms with E-state index in [2.05, 4.69) is 9.05 Å². The summed E-state index contributed by atoms with van der Waals surface area (Å²) in [6.07, 6.45) is 0. The molecule has 1 aromatic rings. The molecule has 0 aliphatic heterocycles. The molecule has 0 radical (unpaired) electrons. The van der Waals surface area contributed by atoms with Gasteiger partial charge in [-0.15, -0.1) is 0 Å². The van der Waals surface area contributed by atoms with Crippen molar-refractivity contribution in [2.75, 3.05) is 14.2 Å². The van der Waals surface area contributed by atoms with Crippen molar-refractivity contribution in [3.63, 3.8) is 0 Å². The third kappa shape index (κ3) is 2.25. The van der Waals surface area contributed by atoms with E-state index in [0.29, 0.717) is 9.13 Å². The number of nitrogens with zero attached hydrogens (tertiary/aromatic N) is 3. The highest BCUT2D eigenvalue weighted by molar-refractivity contribution is 7.62. The van der Waals surface area contributed by atoms with E-state index >= 15 is 0 Å². The lowest BCUT2D eigenvalue weighted by atomic mass is 10.5. The average molecular weight is 293 g/mol. The van der Waals surface area contributed by atoms with Crippen LogP contribution in [-0.4, -0.2) is 28.3 Å². The fourth-order valence-corrected chi connectivity index (χ4v) is 2.92. The quantitative estimate of drug-likeness (QED) is 0.400. The van der Waals surface area contributed by atoms with E-state index < -0.39 is 34.9 Å². The van der Waals surface area contributed by atoms with Gasteiger partial charge in [-0.3, -0.25) is 28.6 Å². The Morgan fingerprint density at radius 3 is 2.00 bits per heavy atom. The molecule has 0 aliphatic carbocycles. The van der Waals surface area contributed by atoms with Gasteiger partial charge in [0.15, 0.2) is 0 Å². The molecule has 0 fully saturated rings. The molecular weight excluding hydrogens is 281 g/mol. The number of hydrogen-bond donors (Lipinski definition) is 0. The maximum Gasteiger partial charge on any atom is 0.384 e. The number of rotatable bonds is 4. The summed E-state index contributed by atoms with van der Waals surface area (Å²) in [4.78, 5) is 33.4. The maximum absolute atomic E-state index is 12.3. The summed E-state index contributed by atoms with van der Waals surface area (Å²) in [6, 6.07) is 0. The van der Waals surface area contributed by atoms with Crippen molar-refractivity contribution in [1.29, 1.82) is 0 Å². The van der Waals surface area contributed by atoms with Crippen LogP contribution in [0.4, 0.5) is 5.69 Å². The molecule has 1 heterocycles. The van der Waals surface area contributed by atoms with Crippen LogP contribution in [0.25, 0.3) is 0 Å². The first-order chi connectivity index (χ1) is 8.71. The normalized spacial score (nSPS) is 11.6. The van der Waals surface area contributed by atoms with Crippen LogP contribution in [-0.2, 0) is 27.7 Å². The predicted octanol–water partition coefficient (Wildman–Crippen LogP) is -0.897. The van der Waals surface area contributed by atoms with E-state index in [-0.39, 0.29) is 0 Å². The molecule has 0 amide bonds. The lowest BCUT2D eigenvalue weighted by Crippen LogP contribution is -2.46. The molecule has 0 spiro atoms. The Morgan fingerprint density at radius 2 is 1.63 bits per heavy atom. The molecule has 10 nitrogen and oxygen atoms in total. The summed E-state index contributed by atoms with van der Waals surface area (Å²) in [5, 5.41) is 11.0. The third-order valence-corrected chi connectivity index (χ3v) is 4.53. The first kappa shape index (κ1) is 15.3. The maximum atomic E-state index is 12.3. The molecule has 0 aromatic carbocycles. The Balaban J connectivity index is 4.04. The molecular formula is C8H12N3O7P. The highest BCUT2D eigenvalue weighted by Gasteiger charge is 2.40. The summed E-state index contributed by atoms with van der Waals surface area (Å²) in [6.45, 7) is 0. The number of hydrogen-bond acceptors (Lipinski definition) is 7. The smallest absolute Gasteiger partial charge is 0.307 e. The second kappa shape index (κ2) is 5.08. The van der Waals surface area contributed by atoms with Crippen LogP contribution in [0.1, 0.15) is 0 Å². The molecule has 0 aliphatic rings. The fraction of sp³-hybridized carbons (Fsp3) is 0.500. The monoisotopic (exact) mass is 293 g/mol. The molecule has 0 N–H and O–H groups in total. The molecule has 11 heteroatoms. The topological polar surface area (TPSA) is 123 Å². The van der Waals surface area contributed by atoms with Gasteiger partial charge in [-0.2, -0.15) is 0 Å². The molecule has 1 aromatic heterocycles. The Hall–Kier alpha value is -1.77. The van der Waals surface area contributed by atoms with Crippen LogP contribution >= 0.6 is 7.60 Å². The summed E-state index contributed by atoms with van der Waals surface area (Å²) < 4.78 is 22.7. The molecule has 0 saturated heterocycles. The first-order valence-corrected chi connectivity index (χ1v) is 6.42. The van der Waals surface area contributed by atoms with Gasteiger partial charge in [0.2, 0.25) is 5.44 Å². The van der Waals surface area contributed by atoms with Crippen molar-refractivity contribution >= 4 is 18.7 Å². The van der Waals surface area contributed by atoms with Crippen LogP contribution in [0.15, 0.2) is 9.59 Å². The van der Waals surface area contributed by atoms with E-state index in [0.717, 1.165) is 28.3 Å². The first-order valence-electron chi connectivity index (χ1n) is 4.87. The van der Waals surface area contributed by atoms with Gasteiger partial charge in [0.05, 0.1) is 4.92 Å². The van der Waals surface area contributed by atoms with Crippen molar-refractivity contribution in [2.24, 2.45) is 14.1 Å². The summed E-state index contributed by atoms with van der Waals surface area (Å²) in [7, 11) is 0.0727. The second-order valence-corrected chi connectivity index (χ2v) is 5.65. The largest absolute Gasteiger partial charge is 0.384 e. The van der Waals surface area contributed by atoms with Gasteiger partial charge >= 0.3 is 24.5 Å². The molecule has 106 valence electrons. The lowest BCUT2D eigenvalue weighted by molar-refractivity contribution is -0.385. The zero-order valence-electron chi connectivity index (χ0n) is 10.6. The lowest BCUT2D eigenvalue weighted by Gasteiger charge is -2.16. The van der Waals surface area contributed by atoms with Crippen LogP contribution in [0.5, 0.6) is 0 Å². The van der Waals surface area contributed by atoms with Gasteiger partial charge in [-0.1, -0.05) is 0 Å². The molecule has 19 heavy (non-hydrogen) atoms. The molecule has 0 atom stereocenters. The van der Waals surface area contributed by atoms with Gasteiger partial charge in [-0.25, -0.2) is 4.79 Å². The van der Waals surface area contributed by atoms with Crippen molar-refractivity contribution in [1.82, 2.24) is 9.13 Å². The zero-order chi connectivity index (χ0) is 15.0. The molecule has 0 saturated carbocycles. The highest BCUT2D eigenvalue weighted by Crippen LogP contribution is 2.46. The number of aromatic nitrogens is 2. The molecule has 1 rings (SSSR count). The summed E-state index contributed by atoms with van der Waals surface area (Å²) >= 11 is 0. The molecule has 0 bridgehead atoms. The van der Waals surface area contributed by atoms with Crippen LogP contribution in [0.3, 0.4) is 0 Å². The standard InChI is InChI=1S/C8H12N3O7P/c1-9-6(12)5(11(14)15)7(10(2)8(9)13)19(16,17-3)18-4/h1-4H3. The molecule has 0 unspecified atom stereocenters. The Bertz CT molecular complexity index is 681. The van der Waals surface area contributed by atoms with Gasteiger partial charge in [0.25, 0.3) is 0 Å². The third-order valence-electron chi connectivity index (χ3n) is 2.53. The second-order valence-electron chi connectivity index (χ2n) is 3.50. The van der Waals surface area contributed by atoms with Gasteiger partial charge in [0.1, 0.15) is 0 Å². The Kier molecular flexibility index (Phi) is 4.09. The Morgan fingerprint density at radius 1 is 1.16 bits per heavy atom. The van der Waals surface area contributed by atoms with E-state index in [9.17, 15) is 24.3 Å². The van der Waals surface area contributed by atoms with Crippen molar-refractivity contribution < 1.29 is 18.5 Å². The Labute approximate surface area is 106 Å². The van der Waals surface area contributed by atoms with E-state index in [1.54, 1.807) is 0 Å². The predicted molar refractivity (Wildman–Crippen MR) is 64.8 cm³/mol. The van der Waals surface area contributed by atoms with E-state index in [4.69, 9.17) is 0 Å². The van der Waals surface area contributed by atoms with Gasteiger partial charge < -0.3 is 9.05 Å². The summed E-state index contributed by atoms with van der Waals surface area (Å²) in [5.41, 5.74) is -3.76. The summed E-state index contributed by atoms with van der Waals surface area (Å²) in [5.74, 6) is 0. The fourth-order valence-electron chi connectivity index (χ4n) is 1.54. The van der Waals surface area contributed by atoms with Crippen molar-refractivity contribution in [2.45, 2.75) is 0 Å². The van der Waals surface area contributed by atoms with Gasteiger partial charge in [0, 0.05) is 28.3 Å². The van der Waals surface area contributed by atoms with Gasteiger partial charge in [-0.05, 0) is 0 Å². The number of nitro groups is 1. The average Bonchev–Trinajstić information content (AvgIpc) is 2.38.